The van der Waals surface area contributed by atoms with Crippen LogP contribution in [0.1, 0.15) is 51.4 Å². The van der Waals surface area contributed by atoms with E-state index in [0.29, 0.717) is 11.4 Å². The topological polar surface area (TPSA) is 122 Å². The van der Waals surface area contributed by atoms with Gasteiger partial charge >= 0.3 is 6.09 Å². The number of carbonyl (C=O) groups excluding carboxylic acids is 4. The van der Waals surface area contributed by atoms with E-state index in [9.17, 15) is 28.0 Å². The number of nitrogens with one attached hydrogen (secondary N) is 1. The van der Waals surface area contributed by atoms with E-state index in [2.05, 4.69) is 15.3 Å². The largest absolute Gasteiger partial charge is 0.444 e. The lowest BCUT2D eigenvalue weighted by molar-refractivity contribution is -0.147. The molecular weight excluding hydrogens is 452 g/mol. The van der Waals surface area contributed by atoms with Gasteiger partial charge in [0.15, 0.2) is 5.78 Å². The number of ether oxygens (including phenoxy) is 1. The summed E-state index contributed by atoms with van der Waals surface area (Å²) in [5, 5.41) is 2.59. The Hall–Kier alpha value is -3.18. The van der Waals surface area contributed by atoms with E-state index in [-0.39, 0.29) is 31.7 Å². The average molecular weight is 479 g/mol. The Morgan fingerprint density at radius 2 is 1.68 bits per heavy atom. The van der Waals surface area contributed by atoms with E-state index in [0.717, 1.165) is 4.90 Å². The molecule has 1 aliphatic carbocycles. The summed E-state index contributed by atoms with van der Waals surface area (Å²) in [6, 6.07) is -2.86. The molecule has 1 saturated heterocycles. The van der Waals surface area contributed by atoms with Gasteiger partial charge in [-0.15, -0.1) is 0 Å². The van der Waals surface area contributed by atoms with Crippen molar-refractivity contribution in [3.63, 3.8) is 0 Å². The highest BCUT2D eigenvalue weighted by molar-refractivity contribution is 5.99. The average Bonchev–Trinajstić information content (AvgIpc) is 3.11. The molecule has 184 valence electrons. The maximum Gasteiger partial charge on any atom is 0.411 e. The Kier molecular flexibility index (Phi) is 6.03. The maximum atomic E-state index is 13.6. The molecule has 3 aliphatic rings. The van der Waals surface area contributed by atoms with Crippen molar-refractivity contribution >= 4 is 23.7 Å². The van der Waals surface area contributed by atoms with Gasteiger partial charge in [0.05, 0.1) is 24.5 Å². The van der Waals surface area contributed by atoms with Gasteiger partial charge in [-0.2, -0.15) is 0 Å². The third-order valence-electron chi connectivity index (χ3n) is 6.02. The van der Waals surface area contributed by atoms with Crippen LogP contribution in [0.15, 0.2) is 12.4 Å². The van der Waals surface area contributed by atoms with Gasteiger partial charge in [-0.3, -0.25) is 29.3 Å². The van der Waals surface area contributed by atoms with Gasteiger partial charge in [0.25, 0.3) is 5.92 Å². The highest BCUT2D eigenvalue weighted by atomic mass is 19.3. The van der Waals surface area contributed by atoms with Crippen LogP contribution < -0.4 is 5.32 Å². The van der Waals surface area contributed by atoms with Gasteiger partial charge in [0.2, 0.25) is 11.8 Å². The van der Waals surface area contributed by atoms with Crippen LogP contribution in [-0.4, -0.2) is 79.7 Å². The molecule has 1 N–H and O–H groups in total. The molecule has 0 bridgehead atoms. The number of hydrogen-bond donors (Lipinski definition) is 1. The molecule has 12 heteroatoms. The summed E-state index contributed by atoms with van der Waals surface area (Å²) in [6.45, 7) is 4.68. The first kappa shape index (κ1) is 24.0. The Morgan fingerprint density at radius 1 is 1.03 bits per heavy atom. The number of hydrogen-bond acceptors (Lipinski definition) is 7. The van der Waals surface area contributed by atoms with Gasteiger partial charge in [0, 0.05) is 44.1 Å². The molecule has 2 aliphatic heterocycles. The van der Waals surface area contributed by atoms with Crippen LogP contribution >= 0.6 is 0 Å². The molecule has 2 fully saturated rings. The Morgan fingerprint density at radius 3 is 2.29 bits per heavy atom. The second kappa shape index (κ2) is 8.55. The minimum absolute atomic E-state index is 0.0387. The van der Waals surface area contributed by atoms with Gasteiger partial charge < -0.3 is 15.0 Å². The molecule has 0 aromatic carbocycles. The van der Waals surface area contributed by atoms with Gasteiger partial charge in [-0.1, -0.05) is 0 Å². The molecule has 34 heavy (non-hydrogen) atoms. The summed E-state index contributed by atoms with van der Waals surface area (Å²) >= 11 is 0. The summed E-state index contributed by atoms with van der Waals surface area (Å²) in [6.07, 6.45) is 1.05. The molecule has 1 aromatic rings. The number of ketones is 1. The first-order valence-corrected chi connectivity index (χ1v) is 11.1. The maximum absolute atomic E-state index is 13.6. The smallest absolute Gasteiger partial charge is 0.411 e. The van der Waals surface area contributed by atoms with Crippen molar-refractivity contribution in [2.45, 2.75) is 82.6 Å². The molecule has 2 atom stereocenters. The molecule has 3 heterocycles. The van der Waals surface area contributed by atoms with Crippen LogP contribution in [0.2, 0.25) is 0 Å². The van der Waals surface area contributed by atoms with Gasteiger partial charge in [-0.05, 0) is 20.8 Å². The fourth-order valence-electron chi connectivity index (χ4n) is 4.40. The van der Waals surface area contributed by atoms with Crippen molar-refractivity contribution in [3.8, 4) is 0 Å². The summed E-state index contributed by atoms with van der Waals surface area (Å²) in [7, 11) is 0. The van der Waals surface area contributed by atoms with Crippen LogP contribution in [0, 0.1) is 0 Å². The molecule has 4 rings (SSSR count). The van der Waals surface area contributed by atoms with Gasteiger partial charge in [0.1, 0.15) is 17.7 Å². The second-order valence-electron chi connectivity index (χ2n) is 9.97. The van der Waals surface area contributed by atoms with Crippen molar-refractivity contribution in [2.75, 3.05) is 6.54 Å². The molecule has 1 saturated carbocycles. The fourth-order valence-corrected chi connectivity index (χ4v) is 4.40. The van der Waals surface area contributed by atoms with Crippen LogP contribution in [-0.2, 0) is 32.1 Å². The Bertz CT molecular complexity index is 1020. The van der Waals surface area contributed by atoms with E-state index in [4.69, 9.17) is 4.74 Å². The number of likely N-dealkylation sites (tertiary alicyclic amines) is 1. The molecule has 10 nitrogen and oxygen atoms in total. The predicted molar refractivity (Wildman–Crippen MR) is 113 cm³/mol. The number of aromatic nitrogens is 2. The normalized spacial score (nSPS) is 24.3. The summed E-state index contributed by atoms with van der Waals surface area (Å²) < 4.78 is 31.8. The molecule has 0 unspecified atom stereocenters. The van der Waals surface area contributed by atoms with Crippen molar-refractivity contribution in [2.24, 2.45) is 0 Å². The van der Waals surface area contributed by atoms with Crippen LogP contribution in [0.25, 0.3) is 0 Å². The minimum atomic E-state index is -2.81. The summed E-state index contributed by atoms with van der Waals surface area (Å²) in [5.41, 5.74) is 0.184. The van der Waals surface area contributed by atoms with Crippen LogP contribution in [0.4, 0.5) is 13.6 Å². The lowest BCUT2D eigenvalue weighted by Crippen LogP contribution is -2.60. The van der Waals surface area contributed by atoms with E-state index in [1.807, 2.05) is 0 Å². The number of amides is 3. The summed E-state index contributed by atoms with van der Waals surface area (Å²) in [5.74, 6) is -4.31. The van der Waals surface area contributed by atoms with E-state index in [1.54, 1.807) is 20.8 Å². The van der Waals surface area contributed by atoms with Crippen LogP contribution in [0.5, 0.6) is 0 Å². The summed E-state index contributed by atoms with van der Waals surface area (Å²) in [4.78, 5) is 62.3. The number of halogens is 2. The van der Waals surface area contributed by atoms with E-state index < -0.39 is 60.4 Å². The zero-order valence-corrected chi connectivity index (χ0v) is 19.2. The zero-order chi connectivity index (χ0) is 24.8. The monoisotopic (exact) mass is 479 g/mol. The first-order chi connectivity index (χ1) is 15.8. The van der Waals surface area contributed by atoms with E-state index in [1.165, 1.54) is 17.3 Å². The van der Waals surface area contributed by atoms with Crippen LogP contribution in [0.3, 0.4) is 0 Å². The quantitative estimate of drug-likeness (QED) is 0.692. The SMILES string of the molecule is CC(C)(C)OC(=O)N1CC(=O)C[C@@H]1C(=O)N1Cc2nccnc2C[C@H]1C(=O)NC1CC(F)(F)C1. The number of alkyl halides is 2. The molecule has 0 spiro atoms. The van der Waals surface area contributed by atoms with Crippen molar-refractivity contribution in [1.82, 2.24) is 25.1 Å². The minimum Gasteiger partial charge on any atom is -0.444 e. The third kappa shape index (κ3) is 5.00. The number of fused-ring (bicyclic) bond motifs is 1. The standard InChI is InChI=1S/C22H27F2N5O5/c1-21(2,3)34-20(33)29-10-13(30)6-17(29)19(32)28-11-15-14(25-4-5-26-15)7-16(28)18(31)27-12-8-22(23,24)9-12/h4-5,12,16-17H,6-11H2,1-3H3,(H,27,31)/t16-,17+/m0/s1. The Labute approximate surface area is 195 Å². The molecule has 1 aromatic heterocycles. The molecule has 3 amide bonds. The first-order valence-electron chi connectivity index (χ1n) is 11.1. The lowest BCUT2D eigenvalue weighted by Gasteiger charge is -2.40. The predicted octanol–water partition coefficient (Wildman–Crippen LogP) is 1.22. The highest BCUT2D eigenvalue weighted by Crippen LogP contribution is 2.37. The number of carbonyl (C=O) groups is 4. The van der Waals surface area contributed by atoms with E-state index >= 15 is 0 Å². The Balaban J connectivity index is 1.57. The highest BCUT2D eigenvalue weighted by Gasteiger charge is 2.49. The molecule has 0 radical (unpaired) electrons. The number of nitrogens with zero attached hydrogens (tertiary/aromatic N) is 4. The second-order valence-corrected chi connectivity index (χ2v) is 9.97. The fraction of sp³-hybridized carbons (Fsp3) is 0.636. The number of Topliss-reactive ketones (excluding diaryl/α,β-unsaturated/α-hetero) is 1. The molecular formula is C22H27F2N5O5. The van der Waals surface area contributed by atoms with Crippen molar-refractivity contribution < 1.29 is 32.7 Å². The van der Waals surface area contributed by atoms with Gasteiger partial charge in [-0.25, -0.2) is 13.6 Å². The van der Waals surface area contributed by atoms with Crippen molar-refractivity contribution in [3.05, 3.63) is 23.8 Å². The lowest BCUT2D eigenvalue weighted by atomic mass is 9.87. The number of rotatable bonds is 3. The third-order valence-corrected chi connectivity index (χ3v) is 6.02. The van der Waals surface area contributed by atoms with Crippen molar-refractivity contribution in [1.29, 1.82) is 0 Å². The zero-order valence-electron chi connectivity index (χ0n) is 19.2.